The molecule has 23 heteroatoms. The van der Waals surface area contributed by atoms with Crippen LogP contribution < -0.4 is 25.4 Å². The highest BCUT2D eigenvalue weighted by molar-refractivity contribution is 8.07. The fourth-order valence-electron chi connectivity index (χ4n) is 9.29. The highest BCUT2D eigenvalue weighted by Gasteiger charge is 2.35. The number of amides is 3. The molecule has 0 spiro atoms. The number of benzene rings is 4. The molecule has 2 atom stereocenters. The quantitative estimate of drug-likeness (QED) is 0.0741. The van der Waals surface area contributed by atoms with Crippen LogP contribution in [0.1, 0.15) is 79.3 Å². The van der Waals surface area contributed by atoms with E-state index in [0.717, 1.165) is 70.9 Å². The van der Waals surface area contributed by atoms with Gasteiger partial charge in [-0.3, -0.25) is 38.1 Å². The van der Waals surface area contributed by atoms with Gasteiger partial charge in [0.1, 0.15) is 53.7 Å². The van der Waals surface area contributed by atoms with Crippen molar-refractivity contribution in [3.05, 3.63) is 144 Å². The zero-order chi connectivity index (χ0) is 56.8. The molecular weight excluding hydrogens is 1120 g/mol. The van der Waals surface area contributed by atoms with E-state index in [9.17, 15) is 28.8 Å². The number of methoxy groups -OCH3 is 2. The maximum atomic E-state index is 13.4. The summed E-state index contributed by atoms with van der Waals surface area (Å²) in [6, 6.07) is 36.9. The number of halogens is 1. The molecule has 0 bridgehead atoms. The summed E-state index contributed by atoms with van der Waals surface area (Å²) in [4.78, 5) is 83.5. The lowest BCUT2D eigenvalue weighted by atomic mass is 10.0. The van der Waals surface area contributed by atoms with Crippen LogP contribution in [0.15, 0.2) is 121 Å². The number of rotatable bonds is 14. The summed E-state index contributed by atoms with van der Waals surface area (Å²) in [5, 5.41) is 27.8. The first kappa shape index (κ1) is 66.5. The van der Waals surface area contributed by atoms with E-state index in [0.29, 0.717) is 52.1 Å². The largest absolute Gasteiger partial charge is 0.497 e. The van der Waals surface area contributed by atoms with Crippen molar-refractivity contribution in [1.82, 2.24) is 39.7 Å². The molecule has 0 unspecified atom stereocenters. The van der Waals surface area contributed by atoms with Gasteiger partial charge in [0.25, 0.3) is 0 Å². The second-order valence-electron chi connectivity index (χ2n) is 18.6. The van der Waals surface area contributed by atoms with Gasteiger partial charge in [-0.2, -0.15) is 23.7 Å². The molecule has 0 aliphatic carbocycles. The molecule has 19 nitrogen and oxygen atoms in total. The minimum atomic E-state index is -1.01. The highest BCUT2D eigenvalue weighted by Crippen LogP contribution is 2.31. The number of hydrogen-bond acceptors (Lipinski definition) is 15. The molecule has 8 aromatic rings. The van der Waals surface area contributed by atoms with Crippen LogP contribution in [0, 0.1) is 13.8 Å². The Balaban J connectivity index is 0.000000281. The summed E-state index contributed by atoms with van der Waals surface area (Å²) in [5.41, 5.74) is 7.39. The number of carboxylic acid groups (broad SMARTS) is 1. The molecule has 432 valence electrons. The molecule has 4 N–H and O–H groups in total. The lowest BCUT2D eigenvalue weighted by Gasteiger charge is -2.24. The molecule has 0 saturated carbocycles. The molecule has 6 heterocycles. The molecule has 3 amide bonds. The second-order valence-corrected chi connectivity index (χ2v) is 18.6. The molecule has 2 fully saturated rings. The Hall–Kier alpha value is -8.02. The number of hydrogen-bond donors (Lipinski definition) is 4. The van der Waals surface area contributed by atoms with E-state index >= 15 is 0 Å². The number of nitrogens with zero attached hydrogens (tertiary/aromatic N) is 7. The number of pyridine rings is 2. The minimum absolute atomic E-state index is 0. The molecule has 10 rings (SSSR count). The lowest BCUT2D eigenvalue weighted by Crippen LogP contribution is -2.44. The summed E-state index contributed by atoms with van der Waals surface area (Å²) >= 11 is 7.33. The number of aryl methyl sites for hydroxylation is 2. The topological polar surface area (TPSA) is 242 Å². The van der Waals surface area contributed by atoms with Crippen molar-refractivity contribution in [2.24, 2.45) is 0 Å². The van der Waals surface area contributed by atoms with E-state index in [1.54, 1.807) is 42.0 Å². The molecule has 0 radical (unpaired) electrons. The Morgan fingerprint density at radius 2 is 1.09 bits per heavy atom. The van der Waals surface area contributed by atoms with Gasteiger partial charge in [-0.05, 0) is 141 Å². The number of anilines is 2. The number of ketones is 2. The maximum Gasteiger partial charge on any atom is 0.325 e. The fraction of sp³-hybridized carbons (Fsp3) is 0.288. The third-order valence-corrected chi connectivity index (χ3v) is 13.1. The van der Waals surface area contributed by atoms with Crippen LogP contribution in [0.5, 0.6) is 11.5 Å². The second kappa shape index (κ2) is 31.3. The summed E-state index contributed by atoms with van der Waals surface area (Å²) in [7, 11) is 3.23. The summed E-state index contributed by atoms with van der Waals surface area (Å²) in [6.07, 6.45) is 3.29. The molecule has 2 aliphatic heterocycles. The standard InChI is InChI=1S/C29H29N5O4.C18H16N2O4.C11H15N3O.CH4.ClH.S2.H2S/c1-18-6-4-8-26(30-18)31-29(37)25-7-5-15-33(25)27(36)17-34-24-14-11-21(16-23(24)28(32-34)19(2)35)20-9-12-22(38-3)13-10-20;1-11(21)18-15-9-13(12-3-6-14(24-2)7-4-12)5-8-16(15)20(19-18)10-17(22)23;1-8-4-2-6-10(13-8)14-11(15)9-5-3-7-12-9;;;1-2;/h4,6,8-14,16,25H,5,7,15,17H2,1-3H3,(H,30,31,37);3-9H,10H2,1-2H3,(H,22,23);2,4,6,9,12H,3,5,7H2,1H3,(H,13,14,15);1H4;1H;;1H2/t25-;;9-;;;;/m0.0..../s1. The van der Waals surface area contributed by atoms with E-state index in [1.807, 2.05) is 117 Å². The molecule has 4 aromatic carbocycles. The van der Waals surface area contributed by atoms with Crippen molar-refractivity contribution >= 4 is 117 Å². The monoisotopic (exact) mass is 1190 g/mol. The van der Waals surface area contributed by atoms with Crippen molar-refractivity contribution in [1.29, 1.82) is 0 Å². The van der Waals surface area contributed by atoms with Crippen molar-refractivity contribution in [3.63, 3.8) is 0 Å². The normalized spacial score (nSPS) is 13.9. The SMILES string of the molecule is C.COc1ccc(-c2ccc3c(c2)c(C(C)=O)nn3CC(=O)N2CCC[C@H]2C(=O)Nc2cccc(C)n2)cc1.COc1ccc(-c2ccc3c(c2)c(C(C)=O)nn3CC(=O)O)cc1.Cc1cccc(NC(=O)[C@@H]2CCCN2)n1.Cl.S.S=S. The Morgan fingerprint density at radius 1 is 0.634 bits per heavy atom. The van der Waals surface area contributed by atoms with E-state index in [1.165, 1.54) is 18.5 Å². The number of fused-ring (bicyclic) bond motifs is 2. The number of aliphatic carboxylic acids is 1. The number of nitrogens with one attached hydrogen (secondary N) is 3. The first-order valence-electron chi connectivity index (χ1n) is 25.3. The summed E-state index contributed by atoms with van der Waals surface area (Å²) in [5.74, 6) is 0.770. The van der Waals surface area contributed by atoms with E-state index < -0.39 is 12.0 Å². The highest BCUT2D eigenvalue weighted by atomic mass is 35.5. The van der Waals surface area contributed by atoms with Gasteiger partial charge < -0.3 is 35.4 Å². The van der Waals surface area contributed by atoms with Crippen LogP contribution >= 0.6 is 25.9 Å². The Labute approximate surface area is 499 Å². The van der Waals surface area contributed by atoms with Gasteiger partial charge in [0, 0.05) is 64.9 Å². The third kappa shape index (κ3) is 16.8. The number of aromatic nitrogens is 6. The number of carboxylic acids is 1. The van der Waals surface area contributed by atoms with Crippen LogP contribution in [0.2, 0.25) is 0 Å². The van der Waals surface area contributed by atoms with Gasteiger partial charge in [-0.15, -0.1) is 12.4 Å². The fourth-order valence-corrected chi connectivity index (χ4v) is 9.29. The number of carbonyl (C=O) groups excluding carboxylic acids is 5. The molecule has 82 heavy (non-hydrogen) atoms. The number of carbonyl (C=O) groups is 6. The van der Waals surface area contributed by atoms with Crippen molar-refractivity contribution in [2.45, 2.75) is 86.0 Å². The summed E-state index contributed by atoms with van der Waals surface area (Å²) in [6.45, 7) is 7.71. The number of ether oxygens (including phenoxy) is 2. The Morgan fingerprint density at radius 3 is 1.50 bits per heavy atom. The van der Waals surface area contributed by atoms with Gasteiger partial charge in [0.2, 0.25) is 17.7 Å². The van der Waals surface area contributed by atoms with Crippen LogP contribution in [0.4, 0.5) is 11.6 Å². The van der Waals surface area contributed by atoms with E-state index in [4.69, 9.17) is 14.6 Å². The molecule has 2 saturated heterocycles. The predicted molar refractivity (Wildman–Crippen MR) is 331 cm³/mol. The van der Waals surface area contributed by atoms with Gasteiger partial charge in [0.15, 0.2) is 11.6 Å². The first-order chi connectivity index (χ1) is 38.1. The maximum absolute atomic E-state index is 13.4. The number of likely N-dealkylation sites (tertiary alicyclic amines) is 1. The average molecular weight is 1190 g/mol. The third-order valence-electron chi connectivity index (χ3n) is 13.1. The number of Topliss-reactive ketones (excluding diaryl/α,β-unsaturated/α-hetero) is 2. The van der Waals surface area contributed by atoms with Gasteiger partial charge in [-0.25, -0.2) is 9.97 Å². The zero-order valence-corrected chi connectivity index (χ0v) is 48.9. The average Bonchev–Trinajstić information content (AvgIpc) is 4.36. The molecule has 2 aliphatic rings. The van der Waals surface area contributed by atoms with Crippen molar-refractivity contribution in [3.8, 4) is 33.8 Å². The first-order valence-corrected chi connectivity index (χ1v) is 26.6. The Bertz CT molecular complexity index is 3520. The van der Waals surface area contributed by atoms with Crippen molar-refractivity contribution < 1.29 is 43.3 Å². The zero-order valence-electron chi connectivity index (χ0n) is 45.4. The van der Waals surface area contributed by atoms with Crippen LogP contribution in [0.25, 0.3) is 44.1 Å². The molecular formula is C59H67ClN10O9S3. The predicted octanol–water partition coefficient (Wildman–Crippen LogP) is 9.49. The molecule has 4 aromatic heterocycles. The van der Waals surface area contributed by atoms with Crippen LogP contribution in [0.3, 0.4) is 0 Å². The van der Waals surface area contributed by atoms with Crippen LogP contribution in [-0.4, -0.2) is 114 Å². The Kier molecular flexibility index (Phi) is 25.3. The van der Waals surface area contributed by atoms with Gasteiger partial charge in [-0.1, -0.05) is 56.0 Å². The van der Waals surface area contributed by atoms with E-state index in [2.05, 4.69) is 58.5 Å². The summed E-state index contributed by atoms with van der Waals surface area (Å²) < 4.78 is 13.3. The lowest BCUT2D eigenvalue weighted by molar-refractivity contribution is -0.138. The van der Waals surface area contributed by atoms with Gasteiger partial charge >= 0.3 is 5.97 Å². The smallest absolute Gasteiger partial charge is 0.325 e. The minimum Gasteiger partial charge on any atom is -0.497 e. The van der Waals surface area contributed by atoms with Crippen LogP contribution in [-0.2, 0) is 54.6 Å². The van der Waals surface area contributed by atoms with Crippen molar-refractivity contribution in [2.75, 3.05) is 37.9 Å². The van der Waals surface area contributed by atoms with Gasteiger partial charge in [0.05, 0.1) is 31.3 Å². The van der Waals surface area contributed by atoms with E-state index in [-0.39, 0.29) is 87.4 Å².